The Morgan fingerprint density at radius 3 is 2.85 bits per heavy atom. The Hall–Kier alpha value is -1.39. The molecule has 0 radical (unpaired) electrons. The van der Waals surface area contributed by atoms with Gasteiger partial charge in [-0.05, 0) is 23.9 Å². The molecule has 1 amide bonds. The highest BCUT2D eigenvalue weighted by molar-refractivity contribution is 7.19. The number of nitrogens with one attached hydrogen (secondary N) is 1. The summed E-state index contributed by atoms with van der Waals surface area (Å²) < 4.78 is 1.16. The Kier molecular flexibility index (Phi) is 5.15. The van der Waals surface area contributed by atoms with Crippen LogP contribution in [0, 0.1) is 5.92 Å². The summed E-state index contributed by atoms with van der Waals surface area (Å²) in [5.41, 5.74) is 0. The second kappa shape index (κ2) is 6.86. The lowest BCUT2D eigenvalue weighted by atomic mass is 10.1. The first kappa shape index (κ1) is 15.0. The van der Waals surface area contributed by atoms with Gasteiger partial charge in [-0.15, -0.1) is 11.3 Å². The lowest BCUT2D eigenvalue weighted by Crippen LogP contribution is -2.32. The minimum absolute atomic E-state index is 0.00890. The van der Waals surface area contributed by atoms with Gasteiger partial charge in [0.15, 0.2) is 0 Å². The Labute approximate surface area is 123 Å². The van der Waals surface area contributed by atoms with Crippen LogP contribution in [0.2, 0.25) is 0 Å². The fourth-order valence-corrected chi connectivity index (χ4v) is 3.25. The maximum atomic E-state index is 11.8. The lowest BCUT2D eigenvalue weighted by Gasteiger charge is -2.13. The van der Waals surface area contributed by atoms with Gasteiger partial charge in [0.2, 0.25) is 5.91 Å². The number of hydrogen-bond acceptors (Lipinski definition) is 3. The zero-order valence-electron chi connectivity index (χ0n) is 11.9. The first-order valence-corrected chi connectivity index (χ1v) is 7.87. The van der Waals surface area contributed by atoms with Crippen LogP contribution in [0.5, 0.6) is 0 Å². The van der Waals surface area contributed by atoms with E-state index < -0.39 is 6.10 Å². The van der Waals surface area contributed by atoms with Crippen molar-refractivity contribution in [3.05, 3.63) is 35.2 Å². The number of amides is 1. The van der Waals surface area contributed by atoms with Crippen LogP contribution in [0.25, 0.3) is 10.1 Å². The predicted molar refractivity (Wildman–Crippen MR) is 83.9 cm³/mol. The highest BCUT2D eigenvalue weighted by atomic mass is 32.1. The van der Waals surface area contributed by atoms with E-state index >= 15 is 0 Å². The van der Waals surface area contributed by atoms with Crippen molar-refractivity contribution in [3.63, 3.8) is 0 Å². The molecule has 2 N–H and O–H groups in total. The fraction of sp³-hybridized carbons (Fsp3) is 0.438. The Morgan fingerprint density at radius 1 is 1.40 bits per heavy atom. The van der Waals surface area contributed by atoms with Crippen molar-refractivity contribution in [1.29, 1.82) is 0 Å². The predicted octanol–water partition coefficient (Wildman–Crippen LogP) is 3.49. The number of hydrogen-bond donors (Lipinski definition) is 2. The van der Waals surface area contributed by atoms with Gasteiger partial charge < -0.3 is 10.4 Å². The second-order valence-corrected chi connectivity index (χ2v) is 6.25. The summed E-state index contributed by atoms with van der Waals surface area (Å²) in [6, 6.07) is 10.0. The molecule has 20 heavy (non-hydrogen) atoms. The van der Waals surface area contributed by atoms with Gasteiger partial charge >= 0.3 is 0 Å². The molecule has 2 unspecified atom stereocenters. The number of aliphatic hydroxyl groups excluding tert-OH is 1. The molecule has 1 heterocycles. The van der Waals surface area contributed by atoms with Crippen LogP contribution in [-0.2, 0) is 4.79 Å². The zero-order valence-corrected chi connectivity index (χ0v) is 12.7. The number of fused-ring (bicyclic) bond motifs is 1. The van der Waals surface area contributed by atoms with E-state index in [9.17, 15) is 9.90 Å². The summed E-state index contributed by atoms with van der Waals surface area (Å²) in [6.07, 6.45) is 1.24. The van der Waals surface area contributed by atoms with Crippen LogP contribution in [0.15, 0.2) is 30.3 Å². The molecule has 0 bridgehead atoms. The van der Waals surface area contributed by atoms with Crippen molar-refractivity contribution in [2.75, 3.05) is 6.54 Å². The van der Waals surface area contributed by atoms with E-state index in [2.05, 4.69) is 12.2 Å². The first-order chi connectivity index (χ1) is 9.61. The SMILES string of the molecule is CCCC(C)C(=O)NCC(O)c1cc2ccccc2s1. The van der Waals surface area contributed by atoms with Crippen molar-refractivity contribution in [2.45, 2.75) is 32.8 Å². The van der Waals surface area contributed by atoms with Gasteiger partial charge in [0, 0.05) is 22.0 Å². The smallest absolute Gasteiger partial charge is 0.222 e. The Balaban J connectivity index is 1.94. The number of benzene rings is 1. The molecule has 0 saturated heterocycles. The third-order valence-electron chi connectivity index (χ3n) is 3.41. The van der Waals surface area contributed by atoms with E-state index in [1.165, 1.54) is 0 Å². The molecule has 2 rings (SSSR count). The van der Waals surface area contributed by atoms with E-state index in [0.29, 0.717) is 0 Å². The van der Waals surface area contributed by atoms with E-state index in [0.717, 1.165) is 27.8 Å². The molecule has 0 aliphatic carbocycles. The monoisotopic (exact) mass is 291 g/mol. The van der Waals surface area contributed by atoms with Crippen molar-refractivity contribution in [2.24, 2.45) is 5.92 Å². The maximum absolute atomic E-state index is 11.8. The van der Waals surface area contributed by atoms with Crippen molar-refractivity contribution in [3.8, 4) is 0 Å². The standard InChI is InChI=1S/C16H21NO2S/c1-3-6-11(2)16(19)17-10-13(18)15-9-12-7-4-5-8-14(12)20-15/h4-5,7-9,11,13,18H,3,6,10H2,1-2H3,(H,17,19). The van der Waals surface area contributed by atoms with Gasteiger partial charge in [-0.3, -0.25) is 4.79 Å². The maximum Gasteiger partial charge on any atom is 0.222 e. The molecule has 0 aliphatic heterocycles. The number of aliphatic hydroxyl groups is 1. The highest BCUT2D eigenvalue weighted by Gasteiger charge is 2.15. The zero-order chi connectivity index (χ0) is 14.5. The van der Waals surface area contributed by atoms with E-state index in [-0.39, 0.29) is 18.4 Å². The van der Waals surface area contributed by atoms with Crippen LogP contribution < -0.4 is 5.32 Å². The molecular weight excluding hydrogens is 270 g/mol. The van der Waals surface area contributed by atoms with Crippen molar-refractivity contribution in [1.82, 2.24) is 5.32 Å². The Morgan fingerprint density at radius 2 is 2.15 bits per heavy atom. The fourth-order valence-electron chi connectivity index (χ4n) is 2.20. The molecular formula is C16H21NO2S. The molecule has 4 heteroatoms. The number of rotatable bonds is 6. The van der Waals surface area contributed by atoms with E-state index in [4.69, 9.17) is 0 Å². The molecule has 3 nitrogen and oxygen atoms in total. The third kappa shape index (κ3) is 3.58. The molecule has 0 fully saturated rings. The lowest BCUT2D eigenvalue weighted by molar-refractivity contribution is -0.125. The summed E-state index contributed by atoms with van der Waals surface area (Å²) in [5, 5.41) is 14.1. The molecule has 0 saturated carbocycles. The molecule has 0 aliphatic rings. The largest absolute Gasteiger partial charge is 0.386 e. The topological polar surface area (TPSA) is 49.3 Å². The number of carbonyl (C=O) groups is 1. The summed E-state index contributed by atoms with van der Waals surface area (Å²) in [5.74, 6) is 0.0293. The average molecular weight is 291 g/mol. The van der Waals surface area contributed by atoms with Gasteiger partial charge in [-0.1, -0.05) is 38.5 Å². The Bertz CT molecular complexity index is 546. The van der Waals surface area contributed by atoms with Crippen LogP contribution in [0.1, 0.15) is 37.7 Å². The molecule has 108 valence electrons. The first-order valence-electron chi connectivity index (χ1n) is 7.06. The number of thiophene rings is 1. The summed E-state index contributed by atoms with van der Waals surface area (Å²) in [6.45, 7) is 4.26. The van der Waals surface area contributed by atoms with Crippen molar-refractivity contribution < 1.29 is 9.90 Å². The van der Waals surface area contributed by atoms with E-state index in [1.54, 1.807) is 11.3 Å². The summed E-state index contributed by atoms with van der Waals surface area (Å²) in [4.78, 5) is 12.7. The molecule has 2 aromatic rings. The summed E-state index contributed by atoms with van der Waals surface area (Å²) in [7, 11) is 0. The second-order valence-electron chi connectivity index (χ2n) is 5.14. The molecule has 1 aromatic carbocycles. The minimum atomic E-state index is -0.634. The highest BCUT2D eigenvalue weighted by Crippen LogP contribution is 2.29. The number of carbonyl (C=O) groups excluding carboxylic acids is 1. The van der Waals surface area contributed by atoms with Gasteiger partial charge in [-0.2, -0.15) is 0 Å². The normalized spacial score (nSPS) is 14.2. The van der Waals surface area contributed by atoms with Gasteiger partial charge in [0.05, 0.1) is 0 Å². The minimum Gasteiger partial charge on any atom is -0.386 e. The van der Waals surface area contributed by atoms with Gasteiger partial charge in [-0.25, -0.2) is 0 Å². The quantitative estimate of drug-likeness (QED) is 0.856. The van der Waals surface area contributed by atoms with Crippen LogP contribution >= 0.6 is 11.3 Å². The van der Waals surface area contributed by atoms with Gasteiger partial charge in [0.25, 0.3) is 0 Å². The van der Waals surface area contributed by atoms with Crippen LogP contribution in [-0.4, -0.2) is 17.6 Å². The molecule has 1 aromatic heterocycles. The molecule has 2 atom stereocenters. The average Bonchev–Trinajstić information content (AvgIpc) is 2.88. The van der Waals surface area contributed by atoms with E-state index in [1.807, 2.05) is 37.3 Å². The molecule has 0 spiro atoms. The summed E-state index contributed by atoms with van der Waals surface area (Å²) >= 11 is 1.57. The van der Waals surface area contributed by atoms with Crippen molar-refractivity contribution >= 4 is 27.3 Å². The third-order valence-corrected chi connectivity index (χ3v) is 4.63. The van der Waals surface area contributed by atoms with Crippen LogP contribution in [0.4, 0.5) is 0 Å². The van der Waals surface area contributed by atoms with Gasteiger partial charge in [0.1, 0.15) is 6.10 Å². The van der Waals surface area contributed by atoms with Crippen LogP contribution in [0.3, 0.4) is 0 Å².